The van der Waals surface area contributed by atoms with Gasteiger partial charge >= 0.3 is 5.97 Å². The summed E-state index contributed by atoms with van der Waals surface area (Å²) in [5.41, 5.74) is 0. The lowest BCUT2D eigenvalue weighted by Crippen LogP contribution is -2.27. The van der Waals surface area contributed by atoms with Crippen molar-refractivity contribution in [3.63, 3.8) is 0 Å². The third-order valence-corrected chi connectivity index (χ3v) is 5.95. The molecule has 0 aromatic rings. The average Bonchev–Trinajstić information content (AvgIpc) is 2.63. The van der Waals surface area contributed by atoms with Gasteiger partial charge < -0.3 is 9.84 Å². The summed E-state index contributed by atoms with van der Waals surface area (Å²) in [7, 11) is 0. The largest absolute Gasteiger partial charge is 0.481 e. The van der Waals surface area contributed by atoms with Crippen molar-refractivity contribution in [3.05, 3.63) is 0 Å². The van der Waals surface area contributed by atoms with Gasteiger partial charge in [0.05, 0.1) is 12.2 Å². The summed E-state index contributed by atoms with van der Waals surface area (Å²) < 4.78 is 6.38. The van der Waals surface area contributed by atoms with Crippen molar-refractivity contribution in [1.29, 1.82) is 0 Å². The van der Waals surface area contributed by atoms with Crippen LogP contribution in [0.4, 0.5) is 0 Å². The molecular weight excluding hydrogens is 324 g/mol. The molecule has 1 rings (SSSR count). The van der Waals surface area contributed by atoms with Gasteiger partial charge in [-0.3, -0.25) is 4.79 Å². The molecular formula is C23H44O3. The molecule has 0 aliphatic heterocycles. The van der Waals surface area contributed by atoms with E-state index in [2.05, 4.69) is 13.8 Å². The van der Waals surface area contributed by atoms with Crippen molar-refractivity contribution in [1.82, 2.24) is 0 Å². The Morgan fingerprint density at radius 3 is 2.15 bits per heavy atom. The van der Waals surface area contributed by atoms with Crippen LogP contribution in [0.3, 0.4) is 0 Å². The Bertz CT molecular complexity index is 334. The van der Waals surface area contributed by atoms with Crippen LogP contribution >= 0.6 is 0 Å². The molecule has 1 saturated carbocycles. The van der Waals surface area contributed by atoms with Gasteiger partial charge in [0.2, 0.25) is 0 Å². The fourth-order valence-corrected chi connectivity index (χ4v) is 4.23. The van der Waals surface area contributed by atoms with Crippen LogP contribution in [0.5, 0.6) is 0 Å². The van der Waals surface area contributed by atoms with E-state index in [1.807, 2.05) is 0 Å². The highest BCUT2D eigenvalue weighted by molar-refractivity contribution is 5.66. The lowest BCUT2D eigenvalue weighted by Gasteiger charge is -2.31. The number of carbonyl (C=O) groups is 1. The third-order valence-electron chi connectivity index (χ3n) is 5.95. The molecule has 0 radical (unpaired) electrons. The van der Waals surface area contributed by atoms with Gasteiger partial charge in [-0.1, -0.05) is 78.1 Å². The van der Waals surface area contributed by atoms with Gasteiger partial charge in [0, 0.05) is 6.42 Å². The average molecular weight is 369 g/mol. The summed E-state index contributed by atoms with van der Waals surface area (Å²) in [4.78, 5) is 11.0. The number of rotatable bonds is 16. The number of aliphatic carboxylic acids is 1. The monoisotopic (exact) mass is 368 g/mol. The summed E-state index contributed by atoms with van der Waals surface area (Å²) in [6.07, 6.45) is 20.6. The summed E-state index contributed by atoms with van der Waals surface area (Å²) in [5.74, 6) is 0.207. The molecule has 0 heterocycles. The number of unbranched alkanes of at least 4 members (excludes halogenated alkanes) is 7. The van der Waals surface area contributed by atoms with Crippen molar-refractivity contribution < 1.29 is 14.6 Å². The Balaban J connectivity index is 2.25. The van der Waals surface area contributed by atoms with Gasteiger partial charge in [-0.15, -0.1) is 0 Å². The zero-order valence-electron chi connectivity index (χ0n) is 17.5. The molecule has 0 spiro atoms. The fraction of sp³-hybridized carbons (Fsp3) is 0.957. The minimum absolute atomic E-state index is 0.152. The Morgan fingerprint density at radius 1 is 0.885 bits per heavy atom. The van der Waals surface area contributed by atoms with Crippen LogP contribution in [-0.4, -0.2) is 23.3 Å². The zero-order valence-corrected chi connectivity index (χ0v) is 17.5. The first-order valence-corrected chi connectivity index (χ1v) is 11.5. The zero-order chi connectivity index (χ0) is 19.0. The Hall–Kier alpha value is -0.570. The smallest absolute Gasteiger partial charge is 0.303 e. The van der Waals surface area contributed by atoms with E-state index < -0.39 is 5.97 Å². The first kappa shape index (κ1) is 23.5. The quantitative estimate of drug-likeness (QED) is 0.295. The summed E-state index contributed by atoms with van der Waals surface area (Å²) >= 11 is 0. The van der Waals surface area contributed by atoms with Gasteiger partial charge in [0.25, 0.3) is 0 Å². The van der Waals surface area contributed by atoms with Crippen molar-refractivity contribution in [2.75, 3.05) is 0 Å². The molecule has 0 aromatic heterocycles. The topological polar surface area (TPSA) is 46.5 Å². The predicted octanol–water partition coefficient (Wildman–Crippen LogP) is 7.13. The molecule has 1 atom stereocenters. The highest BCUT2D eigenvalue weighted by atomic mass is 16.5. The summed E-state index contributed by atoms with van der Waals surface area (Å²) in [5, 5.41) is 9.02. The molecule has 0 saturated heterocycles. The molecule has 0 bridgehead atoms. The summed E-state index contributed by atoms with van der Waals surface area (Å²) in [6.45, 7) is 4.51. The van der Waals surface area contributed by atoms with E-state index in [9.17, 15) is 4.79 Å². The van der Waals surface area contributed by atoms with Crippen LogP contribution in [-0.2, 0) is 9.53 Å². The van der Waals surface area contributed by atoms with Crippen LogP contribution in [0.25, 0.3) is 0 Å². The molecule has 0 amide bonds. The normalized spacial score (nSPS) is 21.6. The van der Waals surface area contributed by atoms with E-state index in [0.29, 0.717) is 12.5 Å². The minimum atomic E-state index is -0.693. The second kappa shape index (κ2) is 15.5. The van der Waals surface area contributed by atoms with Gasteiger partial charge in [0.1, 0.15) is 0 Å². The molecule has 154 valence electrons. The fourth-order valence-electron chi connectivity index (χ4n) is 4.23. The number of hydrogen-bond donors (Lipinski definition) is 1. The highest BCUT2D eigenvalue weighted by Crippen LogP contribution is 2.31. The van der Waals surface area contributed by atoms with Crippen LogP contribution in [0.2, 0.25) is 0 Å². The van der Waals surface area contributed by atoms with E-state index >= 15 is 0 Å². The molecule has 1 aliphatic rings. The first-order chi connectivity index (χ1) is 12.7. The van der Waals surface area contributed by atoms with E-state index in [4.69, 9.17) is 9.84 Å². The highest BCUT2D eigenvalue weighted by Gasteiger charge is 2.24. The van der Waals surface area contributed by atoms with Crippen LogP contribution in [0.1, 0.15) is 123 Å². The maximum atomic E-state index is 11.0. The predicted molar refractivity (Wildman–Crippen MR) is 110 cm³/mol. The van der Waals surface area contributed by atoms with Gasteiger partial charge in [-0.05, 0) is 44.4 Å². The number of carboxylic acids is 1. The van der Waals surface area contributed by atoms with E-state index in [1.165, 1.54) is 89.9 Å². The maximum absolute atomic E-state index is 11.0. The van der Waals surface area contributed by atoms with Gasteiger partial charge in [-0.2, -0.15) is 0 Å². The lowest BCUT2D eigenvalue weighted by atomic mass is 9.84. The molecule has 26 heavy (non-hydrogen) atoms. The lowest BCUT2D eigenvalue weighted by molar-refractivity contribution is -0.138. The van der Waals surface area contributed by atoms with E-state index in [1.54, 1.807) is 0 Å². The van der Waals surface area contributed by atoms with Crippen LogP contribution in [0, 0.1) is 5.92 Å². The second-order valence-electron chi connectivity index (χ2n) is 8.39. The van der Waals surface area contributed by atoms with Crippen LogP contribution in [0.15, 0.2) is 0 Å². The van der Waals surface area contributed by atoms with E-state index in [-0.39, 0.29) is 12.5 Å². The molecule has 1 fully saturated rings. The Morgan fingerprint density at radius 2 is 1.50 bits per heavy atom. The molecule has 3 heteroatoms. The summed E-state index contributed by atoms with van der Waals surface area (Å²) in [6, 6.07) is 0. The van der Waals surface area contributed by atoms with Crippen LogP contribution < -0.4 is 0 Å². The Kier molecular flexibility index (Phi) is 14.0. The van der Waals surface area contributed by atoms with Crippen molar-refractivity contribution >= 4 is 5.97 Å². The van der Waals surface area contributed by atoms with Gasteiger partial charge in [-0.25, -0.2) is 0 Å². The van der Waals surface area contributed by atoms with Crippen molar-refractivity contribution in [2.45, 2.75) is 135 Å². The standard InChI is InChI=1S/C23H44O3/c1-3-5-7-8-9-11-13-21(18-19-23(24)25)26-22-16-14-20(15-17-22)12-10-6-4-2/h20-22H,3-19H2,1-2H3,(H,24,25). The number of ether oxygens (including phenoxy) is 1. The Labute approximate surface area is 162 Å². The molecule has 3 nitrogen and oxygen atoms in total. The first-order valence-electron chi connectivity index (χ1n) is 11.5. The molecule has 1 N–H and O–H groups in total. The number of carboxylic acid groups (broad SMARTS) is 1. The molecule has 1 unspecified atom stereocenters. The SMILES string of the molecule is CCCCCCCCC(CCC(=O)O)OC1CCC(CCCCC)CC1. The maximum Gasteiger partial charge on any atom is 0.303 e. The molecule has 0 aromatic carbocycles. The van der Waals surface area contributed by atoms with Gasteiger partial charge in [0.15, 0.2) is 0 Å². The van der Waals surface area contributed by atoms with Crippen molar-refractivity contribution in [2.24, 2.45) is 5.92 Å². The number of hydrogen-bond acceptors (Lipinski definition) is 2. The van der Waals surface area contributed by atoms with E-state index in [0.717, 1.165) is 12.3 Å². The third kappa shape index (κ3) is 11.9. The minimum Gasteiger partial charge on any atom is -0.481 e. The molecule has 1 aliphatic carbocycles. The van der Waals surface area contributed by atoms with Crippen molar-refractivity contribution in [3.8, 4) is 0 Å². The second-order valence-corrected chi connectivity index (χ2v) is 8.39.